The zero-order valence-electron chi connectivity index (χ0n) is 16.9. The molecule has 0 aliphatic rings. The Balaban J connectivity index is 1.45. The third kappa shape index (κ3) is 4.83. The quantitative estimate of drug-likeness (QED) is 0.409. The predicted octanol–water partition coefficient (Wildman–Crippen LogP) is 5.06. The molecule has 5 nitrogen and oxygen atoms in total. The predicted molar refractivity (Wildman–Crippen MR) is 121 cm³/mol. The number of carbonyl (C=O) groups excluding carboxylic acids is 1. The molecule has 0 aliphatic carbocycles. The summed E-state index contributed by atoms with van der Waals surface area (Å²) in [6, 6.07) is 19.7. The Bertz CT molecular complexity index is 1100. The lowest BCUT2D eigenvalue weighted by Gasteiger charge is -2.05. The van der Waals surface area contributed by atoms with Crippen LogP contribution in [0.3, 0.4) is 0 Å². The zero-order valence-corrected chi connectivity index (χ0v) is 17.7. The minimum Gasteiger partial charge on any atom is -0.352 e. The number of benzene rings is 2. The molecule has 4 rings (SSSR count). The van der Waals surface area contributed by atoms with Crippen LogP contribution in [0.1, 0.15) is 33.9 Å². The van der Waals surface area contributed by atoms with E-state index in [4.69, 9.17) is 5.10 Å². The third-order valence-electron chi connectivity index (χ3n) is 4.80. The number of hydrogen-bond acceptors (Lipinski definition) is 4. The third-order valence-corrected chi connectivity index (χ3v) is 5.82. The molecule has 152 valence electrons. The molecule has 0 saturated carbocycles. The van der Waals surface area contributed by atoms with Gasteiger partial charge < -0.3 is 5.32 Å². The maximum absolute atomic E-state index is 12.9. The van der Waals surface area contributed by atoms with Gasteiger partial charge in [-0.1, -0.05) is 48.5 Å². The molecule has 0 bridgehead atoms. The number of unbranched alkanes of at least 4 members (excludes halogenated alkanes) is 1. The molecule has 0 spiro atoms. The molecule has 0 atom stereocenters. The van der Waals surface area contributed by atoms with Crippen molar-refractivity contribution in [2.24, 2.45) is 0 Å². The van der Waals surface area contributed by atoms with Gasteiger partial charge in [-0.25, -0.2) is 9.67 Å². The van der Waals surface area contributed by atoms with Crippen LogP contribution in [0.4, 0.5) is 0 Å². The molecule has 0 radical (unpaired) electrons. The van der Waals surface area contributed by atoms with Crippen molar-refractivity contribution in [3.63, 3.8) is 0 Å². The van der Waals surface area contributed by atoms with E-state index in [2.05, 4.69) is 15.7 Å². The van der Waals surface area contributed by atoms with Crippen molar-refractivity contribution in [3.05, 3.63) is 88.5 Å². The van der Waals surface area contributed by atoms with E-state index >= 15 is 0 Å². The number of aromatic nitrogens is 3. The van der Waals surface area contributed by atoms with Gasteiger partial charge in [-0.05, 0) is 38.3 Å². The second-order valence-electron chi connectivity index (χ2n) is 7.13. The fourth-order valence-electron chi connectivity index (χ4n) is 3.28. The van der Waals surface area contributed by atoms with Crippen LogP contribution in [0.25, 0.3) is 16.9 Å². The highest BCUT2D eigenvalue weighted by molar-refractivity contribution is 7.09. The van der Waals surface area contributed by atoms with Crippen molar-refractivity contribution in [1.29, 1.82) is 0 Å². The van der Waals surface area contributed by atoms with Gasteiger partial charge >= 0.3 is 0 Å². The molecule has 0 unspecified atom stereocenters. The van der Waals surface area contributed by atoms with Gasteiger partial charge in [-0.3, -0.25) is 4.79 Å². The Labute approximate surface area is 180 Å². The summed E-state index contributed by atoms with van der Waals surface area (Å²) in [5, 5.41) is 11.0. The number of nitrogens with one attached hydrogen (secondary N) is 1. The van der Waals surface area contributed by atoms with Crippen LogP contribution in [-0.2, 0) is 6.42 Å². The highest BCUT2D eigenvalue weighted by Crippen LogP contribution is 2.23. The molecule has 2 heterocycles. The van der Waals surface area contributed by atoms with E-state index in [0.29, 0.717) is 17.8 Å². The maximum atomic E-state index is 12.9. The first-order valence-corrected chi connectivity index (χ1v) is 11.0. The molecule has 0 saturated heterocycles. The average molecular weight is 417 g/mol. The van der Waals surface area contributed by atoms with Gasteiger partial charge in [0.25, 0.3) is 5.91 Å². The van der Waals surface area contributed by atoms with Gasteiger partial charge in [0.1, 0.15) is 5.69 Å². The van der Waals surface area contributed by atoms with E-state index in [1.165, 1.54) is 0 Å². The molecule has 0 fully saturated rings. The van der Waals surface area contributed by atoms with Crippen LogP contribution in [0.5, 0.6) is 0 Å². The summed E-state index contributed by atoms with van der Waals surface area (Å²) in [6.07, 6.45) is 4.68. The van der Waals surface area contributed by atoms with Crippen LogP contribution in [0.15, 0.2) is 72.2 Å². The highest BCUT2D eigenvalue weighted by atomic mass is 32.1. The fourth-order valence-corrected chi connectivity index (χ4v) is 4.10. The first-order chi connectivity index (χ1) is 14.7. The minimum atomic E-state index is -0.0962. The lowest BCUT2D eigenvalue weighted by atomic mass is 10.1. The minimum absolute atomic E-state index is 0.0962. The van der Waals surface area contributed by atoms with Crippen LogP contribution < -0.4 is 5.32 Å². The standard InChI is InChI=1S/C24H24N4OS/c1-18-17-30-22(26-18)14-8-9-15-25-24(29)21-16-28(20-12-6-3-7-13-20)27-23(21)19-10-4-2-5-11-19/h2-7,10-13,16-17H,8-9,14-15H2,1H3,(H,25,29). The summed E-state index contributed by atoms with van der Waals surface area (Å²) in [5.41, 5.74) is 4.20. The Morgan fingerprint density at radius 2 is 1.77 bits per heavy atom. The molecule has 0 aliphatic heterocycles. The first-order valence-electron chi connectivity index (χ1n) is 10.1. The summed E-state index contributed by atoms with van der Waals surface area (Å²) in [5.74, 6) is -0.0962. The van der Waals surface area contributed by atoms with E-state index in [1.807, 2.05) is 73.8 Å². The van der Waals surface area contributed by atoms with Crippen molar-refractivity contribution in [2.45, 2.75) is 26.2 Å². The van der Waals surface area contributed by atoms with Gasteiger partial charge in [0.2, 0.25) is 0 Å². The molecular formula is C24H24N4OS. The van der Waals surface area contributed by atoms with Crippen molar-refractivity contribution < 1.29 is 4.79 Å². The van der Waals surface area contributed by atoms with Crippen molar-refractivity contribution >= 4 is 17.2 Å². The molecule has 1 N–H and O–H groups in total. The van der Waals surface area contributed by atoms with Crippen LogP contribution >= 0.6 is 11.3 Å². The van der Waals surface area contributed by atoms with Gasteiger partial charge in [-0.2, -0.15) is 5.10 Å². The number of nitrogens with zero attached hydrogens (tertiary/aromatic N) is 3. The van der Waals surface area contributed by atoms with E-state index in [0.717, 1.165) is 41.2 Å². The number of rotatable bonds is 8. The number of para-hydroxylation sites is 1. The van der Waals surface area contributed by atoms with Gasteiger partial charge in [0.15, 0.2) is 0 Å². The number of aryl methyl sites for hydroxylation is 2. The fraction of sp³-hybridized carbons (Fsp3) is 0.208. The lowest BCUT2D eigenvalue weighted by molar-refractivity contribution is 0.0953. The summed E-state index contributed by atoms with van der Waals surface area (Å²) in [6.45, 7) is 2.65. The summed E-state index contributed by atoms with van der Waals surface area (Å²) in [7, 11) is 0. The molecule has 2 aromatic carbocycles. The van der Waals surface area contributed by atoms with Crippen LogP contribution in [0.2, 0.25) is 0 Å². The number of carbonyl (C=O) groups is 1. The average Bonchev–Trinajstić information content (AvgIpc) is 3.41. The molecule has 1 amide bonds. The molecular weight excluding hydrogens is 392 g/mol. The number of thiazole rings is 1. The van der Waals surface area contributed by atoms with Crippen molar-refractivity contribution in [2.75, 3.05) is 6.54 Å². The maximum Gasteiger partial charge on any atom is 0.255 e. The van der Waals surface area contributed by atoms with Crippen LogP contribution in [0, 0.1) is 6.92 Å². The van der Waals surface area contributed by atoms with Crippen molar-refractivity contribution in [3.8, 4) is 16.9 Å². The number of hydrogen-bond donors (Lipinski definition) is 1. The zero-order chi connectivity index (χ0) is 20.8. The summed E-state index contributed by atoms with van der Waals surface area (Å²) in [4.78, 5) is 17.4. The Kier molecular flexibility index (Phi) is 6.35. The van der Waals surface area contributed by atoms with E-state index in [-0.39, 0.29) is 5.91 Å². The van der Waals surface area contributed by atoms with Gasteiger partial charge in [0.05, 0.1) is 16.3 Å². The number of amides is 1. The molecule has 30 heavy (non-hydrogen) atoms. The van der Waals surface area contributed by atoms with Crippen molar-refractivity contribution in [1.82, 2.24) is 20.1 Å². The highest BCUT2D eigenvalue weighted by Gasteiger charge is 2.18. The largest absolute Gasteiger partial charge is 0.352 e. The van der Waals surface area contributed by atoms with Gasteiger partial charge in [0, 0.05) is 29.4 Å². The second kappa shape index (κ2) is 9.50. The Morgan fingerprint density at radius 3 is 2.47 bits per heavy atom. The molecule has 6 heteroatoms. The van der Waals surface area contributed by atoms with E-state index in [9.17, 15) is 4.79 Å². The summed E-state index contributed by atoms with van der Waals surface area (Å²) < 4.78 is 1.77. The SMILES string of the molecule is Cc1csc(CCCCNC(=O)c2cn(-c3ccccc3)nc2-c2ccccc2)n1. The topological polar surface area (TPSA) is 59.8 Å². The smallest absolute Gasteiger partial charge is 0.255 e. The second-order valence-corrected chi connectivity index (χ2v) is 8.08. The lowest BCUT2D eigenvalue weighted by Crippen LogP contribution is -2.24. The Hall–Kier alpha value is -3.25. The normalized spacial score (nSPS) is 10.8. The monoisotopic (exact) mass is 416 g/mol. The summed E-state index contributed by atoms with van der Waals surface area (Å²) >= 11 is 1.70. The Morgan fingerprint density at radius 1 is 1.03 bits per heavy atom. The molecule has 2 aromatic heterocycles. The molecule has 4 aromatic rings. The first kappa shape index (κ1) is 20.0. The van der Waals surface area contributed by atoms with E-state index < -0.39 is 0 Å². The van der Waals surface area contributed by atoms with Crippen LogP contribution in [-0.4, -0.2) is 27.2 Å². The van der Waals surface area contributed by atoms with E-state index in [1.54, 1.807) is 16.0 Å². The van der Waals surface area contributed by atoms with Gasteiger partial charge in [-0.15, -0.1) is 11.3 Å².